The maximum atomic E-state index is 5.49. The van der Waals surface area contributed by atoms with E-state index in [-0.39, 0.29) is 4.28 Å². The molecule has 0 saturated heterocycles. The van der Waals surface area contributed by atoms with Crippen LogP contribution < -0.4 is 20.7 Å². The smallest absolute Gasteiger partial charge is 0.168 e. The molecule has 3 aromatic heterocycles. The summed E-state index contributed by atoms with van der Waals surface area (Å²) in [7, 11) is 0. The maximum Gasteiger partial charge on any atom is 0.168 e. The molecule has 0 aliphatic carbocycles. The Morgan fingerprint density at radius 3 is 2.00 bits per heavy atom. The Morgan fingerprint density at radius 2 is 1.37 bits per heavy atom. The summed E-state index contributed by atoms with van der Waals surface area (Å²) in [4.78, 5) is 13.5. The topological polar surface area (TPSA) is 84.0 Å². The van der Waals surface area contributed by atoms with E-state index in [4.69, 9.17) is 4.74 Å². The van der Waals surface area contributed by atoms with Crippen molar-refractivity contribution in [3.63, 3.8) is 0 Å². The highest BCUT2D eigenvalue weighted by atomic mass is 16.5. The number of nitrogens with zero attached hydrogens (tertiary/aromatic N) is 3. The van der Waals surface area contributed by atoms with E-state index in [1.807, 2.05) is 6.20 Å². The monoisotopic (exact) mass is 522 g/mol. The lowest BCUT2D eigenvalue weighted by Crippen LogP contribution is -2.19. The molecule has 0 fully saturated rings. The summed E-state index contributed by atoms with van der Waals surface area (Å²) in [5.41, 5.74) is 8.58. The van der Waals surface area contributed by atoms with Crippen molar-refractivity contribution >= 4 is 17.2 Å². The van der Waals surface area contributed by atoms with Gasteiger partial charge in [-0.2, -0.15) is 0 Å². The number of ether oxygens (including phenoxy) is 1. The lowest BCUT2D eigenvalue weighted by molar-refractivity contribution is 0.321. The standard InChI is InChI=1S/C11H16N2.C10H14N2O.C10H14N2.3H2/c1-8(2)9-5-6-10-11(13-9)4-3-7-12-10;1-7(2)8-5-9-10(12-6-8)11-3-4-13-9;1-7(2)8-3-4-9-10(12-8)5-6-11-9;;;/h5-6,8,12H,3-4,7H2,1-2H3;5-7H,3-4H2,1-2H3,(H,11,12);3-4,7,11H,5-6H2,1-2H3;3*1H. The molecule has 0 amide bonds. The van der Waals surface area contributed by atoms with Crippen molar-refractivity contribution in [1.82, 2.24) is 15.0 Å². The lowest BCUT2D eigenvalue weighted by Gasteiger charge is -2.19. The van der Waals surface area contributed by atoms with Gasteiger partial charge in [0.1, 0.15) is 6.61 Å². The van der Waals surface area contributed by atoms with Crippen molar-refractivity contribution in [3.05, 3.63) is 64.9 Å². The molecule has 3 aromatic rings. The summed E-state index contributed by atoms with van der Waals surface area (Å²) < 4.78 is 5.49. The minimum atomic E-state index is 0. The van der Waals surface area contributed by atoms with E-state index in [1.54, 1.807) is 0 Å². The number of nitrogens with one attached hydrogen (secondary N) is 3. The first-order valence-electron chi connectivity index (χ1n) is 14.2. The normalized spacial score (nSPS) is 14.9. The molecule has 3 aliphatic heterocycles. The first-order valence-corrected chi connectivity index (χ1v) is 14.2. The van der Waals surface area contributed by atoms with E-state index in [2.05, 4.69) is 103 Å². The fourth-order valence-electron chi connectivity index (χ4n) is 4.53. The van der Waals surface area contributed by atoms with Crippen LogP contribution in [0, 0.1) is 0 Å². The van der Waals surface area contributed by atoms with Crippen LogP contribution in [0.3, 0.4) is 0 Å². The average Bonchev–Trinajstić information content (AvgIpc) is 3.41. The second-order valence-electron chi connectivity index (χ2n) is 11.0. The van der Waals surface area contributed by atoms with Gasteiger partial charge in [-0.25, -0.2) is 4.98 Å². The highest BCUT2D eigenvalue weighted by molar-refractivity contribution is 5.53. The third-order valence-electron chi connectivity index (χ3n) is 6.95. The van der Waals surface area contributed by atoms with Gasteiger partial charge in [-0.15, -0.1) is 0 Å². The molecule has 0 aromatic carbocycles. The largest absolute Gasteiger partial charge is 0.488 e. The van der Waals surface area contributed by atoms with Crippen LogP contribution in [0.4, 0.5) is 17.2 Å². The van der Waals surface area contributed by atoms with Crippen LogP contribution in [0.2, 0.25) is 0 Å². The Balaban J connectivity index is 0.000000297. The summed E-state index contributed by atoms with van der Waals surface area (Å²) in [5, 5.41) is 9.86. The maximum absolute atomic E-state index is 5.49. The number of rotatable bonds is 3. The van der Waals surface area contributed by atoms with E-state index < -0.39 is 0 Å². The van der Waals surface area contributed by atoms with Crippen molar-refractivity contribution in [2.24, 2.45) is 0 Å². The fraction of sp³-hybridized carbons (Fsp3) is 0.516. The molecule has 7 heteroatoms. The Labute approximate surface area is 232 Å². The Morgan fingerprint density at radius 1 is 0.737 bits per heavy atom. The second kappa shape index (κ2) is 12.9. The lowest BCUT2D eigenvalue weighted by atomic mass is 10.1. The van der Waals surface area contributed by atoms with Crippen LogP contribution in [-0.4, -0.2) is 41.2 Å². The number of aromatic nitrogens is 3. The Bertz CT molecular complexity index is 1160. The van der Waals surface area contributed by atoms with Gasteiger partial charge >= 0.3 is 0 Å². The predicted octanol–water partition coefficient (Wildman–Crippen LogP) is 7.48. The molecular weight excluding hydrogens is 472 g/mol. The molecule has 0 bridgehead atoms. The molecule has 210 valence electrons. The summed E-state index contributed by atoms with van der Waals surface area (Å²) in [6, 6.07) is 10.6. The van der Waals surface area contributed by atoms with Gasteiger partial charge in [0.15, 0.2) is 11.6 Å². The zero-order valence-corrected chi connectivity index (χ0v) is 23.9. The molecule has 0 unspecified atom stereocenters. The van der Waals surface area contributed by atoms with Crippen molar-refractivity contribution < 1.29 is 9.02 Å². The molecule has 0 radical (unpaired) electrons. The fourth-order valence-corrected chi connectivity index (χ4v) is 4.53. The van der Waals surface area contributed by atoms with Crippen LogP contribution >= 0.6 is 0 Å². The predicted molar refractivity (Wildman–Crippen MR) is 164 cm³/mol. The van der Waals surface area contributed by atoms with Gasteiger partial charge in [0.05, 0.1) is 29.3 Å². The summed E-state index contributed by atoms with van der Waals surface area (Å²) in [6.45, 7) is 16.8. The van der Waals surface area contributed by atoms with Crippen LogP contribution in [0.15, 0.2) is 36.5 Å². The number of aryl methyl sites for hydroxylation is 1. The van der Waals surface area contributed by atoms with Crippen molar-refractivity contribution in [2.45, 2.75) is 78.6 Å². The molecule has 0 spiro atoms. The summed E-state index contributed by atoms with van der Waals surface area (Å²) in [5.74, 6) is 3.33. The first kappa shape index (κ1) is 27.7. The van der Waals surface area contributed by atoms with Crippen LogP contribution in [0.25, 0.3) is 0 Å². The van der Waals surface area contributed by atoms with E-state index in [0.29, 0.717) is 17.8 Å². The molecule has 6 heterocycles. The molecule has 0 atom stereocenters. The minimum absolute atomic E-state index is 0. The number of hydrogen-bond donors (Lipinski definition) is 3. The molecule has 3 N–H and O–H groups in total. The van der Waals surface area contributed by atoms with Crippen LogP contribution in [0.1, 0.15) is 98.3 Å². The number of anilines is 3. The summed E-state index contributed by atoms with van der Waals surface area (Å²) >= 11 is 0. The van der Waals surface area contributed by atoms with E-state index in [0.717, 1.165) is 50.7 Å². The molecular formula is C31H50N6O. The van der Waals surface area contributed by atoms with Crippen molar-refractivity contribution in [1.29, 1.82) is 0 Å². The van der Waals surface area contributed by atoms with E-state index >= 15 is 0 Å². The average molecular weight is 523 g/mol. The third-order valence-corrected chi connectivity index (χ3v) is 6.95. The Kier molecular flexibility index (Phi) is 9.43. The zero-order chi connectivity index (χ0) is 27.1. The quantitative estimate of drug-likeness (QED) is 0.329. The molecule has 7 nitrogen and oxygen atoms in total. The van der Waals surface area contributed by atoms with Gasteiger partial charge in [0.2, 0.25) is 0 Å². The van der Waals surface area contributed by atoms with Crippen LogP contribution in [-0.2, 0) is 12.8 Å². The highest BCUT2D eigenvalue weighted by Gasteiger charge is 2.14. The second-order valence-corrected chi connectivity index (χ2v) is 11.0. The SMILES string of the molecule is CC(C)c1ccc2c(n1)CCCN2.CC(C)c1ccc2c(n1)CCN2.CC(C)c1cnc2c(c1)OCCN2.[HH].[HH].[HH]. The van der Waals surface area contributed by atoms with Gasteiger partial charge in [-0.05, 0) is 66.5 Å². The van der Waals surface area contributed by atoms with E-state index in [9.17, 15) is 0 Å². The molecule has 0 saturated carbocycles. The Hall–Kier alpha value is -3.35. The summed E-state index contributed by atoms with van der Waals surface area (Å²) in [6.07, 6.45) is 5.32. The van der Waals surface area contributed by atoms with Gasteiger partial charge < -0.3 is 20.7 Å². The van der Waals surface area contributed by atoms with Crippen molar-refractivity contribution in [3.8, 4) is 5.75 Å². The zero-order valence-electron chi connectivity index (χ0n) is 23.9. The third kappa shape index (κ3) is 7.15. The first-order chi connectivity index (χ1) is 18.3. The highest BCUT2D eigenvalue weighted by Crippen LogP contribution is 2.28. The van der Waals surface area contributed by atoms with E-state index in [1.165, 1.54) is 46.1 Å². The number of fused-ring (bicyclic) bond motifs is 3. The van der Waals surface area contributed by atoms with Gasteiger partial charge in [0, 0.05) is 41.4 Å². The van der Waals surface area contributed by atoms with Gasteiger partial charge in [-0.3, -0.25) is 9.97 Å². The molecule has 3 aliphatic rings. The molecule has 6 rings (SSSR count). The van der Waals surface area contributed by atoms with Gasteiger partial charge in [-0.1, -0.05) is 41.5 Å². The van der Waals surface area contributed by atoms with Gasteiger partial charge in [0.25, 0.3) is 0 Å². The number of pyridine rings is 3. The minimum Gasteiger partial charge on any atom is -0.488 e. The molecule has 38 heavy (non-hydrogen) atoms. The van der Waals surface area contributed by atoms with Crippen molar-refractivity contribution in [2.75, 3.05) is 42.2 Å². The number of hydrogen-bond acceptors (Lipinski definition) is 7. The van der Waals surface area contributed by atoms with Crippen LogP contribution in [0.5, 0.6) is 5.75 Å².